The molecule has 0 saturated carbocycles. The van der Waals surface area contributed by atoms with Crippen LogP contribution in [0.3, 0.4) is 0 Å². The number of rotatable bonds is 5. The quantitative estimate of drug-likeness (QED) is 0.740. The fraction of sp³-hybridized carbons (Fsp3) is 0.250. The lowest BCUT2D eigenvalue weighted by Crippen LogP contribution is -1.86. The number of methoxy groups -OCH3 is 1. The average Bonchev–Trinajstić information content (AvgIpc) is 2.31. The summed E-state index contributed by atoms with van der Waals surface area (Å²) in [5.74, 6) is 0.558. The summed E-state index contributed by atoms with van der Waals surface area (Å²) < 4.78 is 4.98. The van der Waals surface area contributed by atoms with E-state index >= 15 is 0 Å². The van der Waals surface area contributed by atoms with Gasteiger partial charge in [0.15, 0.2) is 11.5 Å². The number of allylic oxidation sites excluding steroid dienone is 1. The van der Waals surface area contributed by atoms with Gasteiger partial charge in [-0.3, -0.25) is 4.99 Å². The number of aliphatic imine (C=N–C) groups is 1. The summed E-state index contributed by atoms with van der Waals surface area (Å²) in [6, 6.07) is 5.07. The van der Waals surface area contributed by atoms with Crippen LogP contribution in [0.25, 0.3) is 6.08 Å². The highest BCUT2D eigenvalue weighted by atomic mass is 16.5. The van der Waals surface area contributed by atoms with Gasteiger partial charge in [-0.2, -0.15) is 0 Å². The lowest BCUT2D eigenvalue weighted by atomic mass is 10.2. The Hall–Kier alpha value is -1.81. The van der Waals surface area contributed by atoms with Crippen molar-refractivity contribution in [1.29, 1.82) is 0 Å². The maximum absolute atomic E-state index is 9.37. The summed E-state index contributed by atoms with van der Waals surface area (Å²) in [6.07, 6.45) is 5.22. The second kappa shape index (κ2) is 6.63. The van der Waals surface area contributed by atoms with Crippen LogP contribution in [0.1, 0.15) is 5.56 Å². The normalized spacial score (nSPS) is 11.4. The minimum Gasteiger partial charge on any atom is -0.504 e. The molecule has 2 N–H and O–H groups in total. The van der Waals surface area contributed by atoms with Crippen molar-refractivity contribution in [3.63, 3.8) is 0 Å². The molecule has 0 radical (unpaired) electrons. The molecule has 0 bridgehead atoms. The Balaban J connectivity index is 2.67. The van der Waals surface area contributed by atoms with Gasteiger partial charge in [0.2, 0.25) is 0 Å². The van der Waals surface area contributed by atoms with E-state index in [9.17, 15) is 5.11 Å². The van der Waals surface area contributed by atoms with E-state index in [0.29, 0.717) is 12.3 Å². The minimum absolute atomic E-state index is 0.0529. The van der Waals surface area contributed by atoms with Crippen LogP contribution in [-0.2, 0) is 0 Å². The summed E-state index contributed by atoms with van der Waals surface area (Å²) in [5.41, 5.74) is 0.907. The lowest BCUT2D eigenvalue weighted by molar-refractivity contribution is 0.307. The van der Waals surface area contributed by atoms with Crippen LogP contribution >= 0.6 is 0 Å². The molecule has 4 heteroatoms. The van der Waals surface area contributed by atoms with E-state index < -0.39 is 0 Å². The molecule has 16 heavy (non-hydrogen) atoms. The van der Waals surface area contributed by atoms with Gasteiger partial charge in [-0.1, -0.05) is 12.1 Å². The number of phenolic OH excluding ortho intramolecular Hbond substituents is 1. The van der Waals surface area contributed by atoms with Gasteiger partial charge < -0.3 is 14.9 Å². The first-order valence-electron chi connectivity index (χ1n) is 4.92. The van der Waals surface area contributed by atoms with Gasteiger partial charge in [0.25, 0.3) is 0 Å². The molecule has 1 rings (SSSR count). The number of aliphatic hydroxyl groups excluding tert-OH is 1. The monoisotopic (exact) mass is 221 g/mol. The highest BCUT2D eigenvalue weighted by molar-refractivity contribution is 5.78. The number of aliphatic hydroxyl groups is 1. The van der Waals surface area contributed by atoms with E-state index in [-0.39, 0.29) is 12.4 Å². The molecule has 86 valence electrons. The van der Waals surface area contributed by atoms with Crippen molar-refractivity contribution in [3.8, 4) is 11.5 Å². The van der Waals surface area contributed by atoms with Crippen molar-refractivity contribution in [1.82, 2.24) is 0 Å². The fourth-order valence-electron chi connectivity index (χ4n) is 1.15. The molecule has 0 fully saturated rings. The van der Waals surface area contributed by atoms with Gasteiger partial charge in [0, 0.05) is 6.21 Å². The molecule has 0 aromatic heterocycles. The van der Waals surface area contributed by atoms with Gasteiger partial charge in [0.05, 0.1) is 20.3 Å². The molecular formula is C12H15NO3. The van der Waals surface area contributed by atoms with Crippen molar-refractivity contribution in [2.24, 2.45) is 4.99 Å². The van der Waals surface area contributed by atoms with E-state index in [1.807, 2.05) is 6.08 Å². The topological polar surface area (TPSA) is 62.0 Å². The molecule has 0 aliphatic rings. The fourth-order valence-corrected chi connectivity index (χ4v) is 1.15. The molecule has 0 saturated heterocycles. The van der Waals surface area contributed by atoms with Crippen LogP contribution in [0.4, 0.5) is 0 Å². The highest BCUT2D eigenvalue weighted by Crippen LogP contribution is 2.26. The number of phenols is 1. The average molecular weight is 221 g/mol. The summed E-state index contributed by atoms with van der Waals surface area (Å²) in [5, 5.41) is 17.9. The van der Waals surface area contributed by atoms with Crippen LogP contribution in [-0.4, -0.2) is 36.7 Å². The zero-order valence-corrected chi connectivity index (χ0v) is 9.13. The number of hydrogen-bond acceptors (Lipinski definition) is 4. The smallest absolute Gasteiger partial charge is 0.161 e. The van der Waals surface area contributed by atoms with Crippen LogP contribution < -0.4 is 4.74 Å². The third-order valence-electron chi connectivity index (χ3n) is 1.91. The number of ether oxygens (including phenoxy) is 1. The lowest BCUT2D eigenvalue weighted by Gasteiger charge is -2.03. The number of hydrogen-bond donors (Lipinski definition) is 2. The van der Waals surface area contributed by atoms with Gasteiger partial charge in [-0.25, -0.2) is 0 Å². The maximum atomic E-state index is 9.37. The molecule has 1 aromatic carbocycles. The van der Waals surface area contributed by atoms with Crippen LogP contribution in [0.2, 0.25) is 0 Å². The van der Waals surface area contributed by atoms with E-state index in [2.05, 4.69) is 4.99 Å². The Kier molecular flexibility index (Phi) is 5.08. The Morgan fingerprint density at radius 1 is 1.44 bits per heavy atom. The van der Waals surface area contributed by atoms with Crippen molar-refractivity contribution < 1.29 is 14.9 Å². The Bertz CT molecular complexity index is 386. The maximum Gasteiger partial charge on any atom is 0.161 e. The van der Waals surface area contributed by atoms with E-state index in [1.165, 1.54) is 7.11 Å². The third-order valence-corrected chi connectivity index (χ3v) is 1.91. The first-order valence-corrected chi connectivity index (χ1v) is 4.92. The van der Waals surface area contributed by atoms with Gasteiger partial charge >= 0.3 is 0 Å². The molecule has 0 spiro atoms. The van der Waals surface area contributed by atoms with Crippen LogP contribution in [0, 0.1) is 0 Å². The number of aromatic hydroxyl groups is 1. The first kappa shape index (κ1) is 12.3. The van der Waals surface area contributed by atoms with Crippen LogP contribution in [0.5, 0.6) is 11.5 Å². The largest absolute Gasteiger partial charge is 0.504 e. The summed E-state index contributed by atoms with van der Waals surface area (Å²) in [4.78, 5) is 3.92. The van der Waals surface area contributed by atoms with Crippen molar-refractivity contribution in [3.05, 3.63) is 29.8 Å². The van der Waals surface area contributed by atoms with E-state index in [1.54, 1.807) is 30.5 Å². The molecule has 0 unspecified atom stereocenters. The summed E-state index contributed by atoms with van der Waals surface area (Å²) in [6.45, 7) is 0.459. The summed E-state index contributed by atoms with van der Waals surface area (Å²) >= 11 is 0. The predicted molar refractivity (Wildman–Crippen MR) is 64.1 cm³/mol. The predicted octanol–water partition coefficient (Wildman–Crippen LogP) is 1.48. The second-order valence-electron chi connectivity index (χ2n) is 3.07. The van der Waals surface area contributed by atoms with Crippen molar-refractivity contribution in [2.75, 3.05) is 20.3 Å². The molecule has 1 aromatic rings. The zero-order valence-electron chi connectivity index (χ0n) is 9.13. The third kappa shape index (κ3) is 3.74. The molecule has 0 amide bonds. The molecule has 0 aliphatic heterocycles. The Morgan fingerprint density at radius 3 is 2.94 bits per heavy atom. The number of benzene rings is 1. The zero-order chi connectivity index (χ0) is 11.8. The van der Waals surface area contributed by atoms with E-state index in [0.717, 1.165) is 5.56 Å². The van der Waals surface area contributed by atoms with Crippen molar-refractivity contribution in [2.45, 2.75) is 0 Å². The number of nitrogens with zero attached hydrogens (tertiary/aromatic N) is 1. The van der Waals surface area contributed by atoms with Crippen molar-refractivity contribution >= 4 is 12.3 Å². The molecular weight excluding hydrogens is 206 g/mol. The van der Waals surface area contributed by atoms with E-state index in [4.69, 9.17) is 9.84 Å². The van der Waals surface area contributed by atoms with Gasteiger partial charge in [0.1, 0.15) is 0 Å². The summed E-state index contributed by atoms with van der Waals surface area (Å²) in [7, 11) is 1.51. The molecule has 0 aliphatic carbocycles. The minimum atomic E-state index is 0.0529. The van der Waals surface area contributed by atoms with Gasteiger partial charge in [-0.05, 0) is 23.8 Å². The molecule has 4 nitrogen and oxygen atoms in total. The SMILES string of the molecule is COc1cc(/C=C\C=N/CCO)ccc1O. The molecule has 0 atom stereocenters. The van der Waals surface area contributed by atoms with Crippen LogP contribution in [0.15, 0.2) is 29.3 Å². The van der Waals surface area contributed by atoms with Gasteiger partial charge in [-0.15, -0.1) is 0 Å². The molecule has 0 heterocycles. The Morgan fingerprint density at radius 2 is 2.25 bits per heavy atom. The second-order valence-corrected chi connectivity index (χ2v) is 3.07. The Labute approximate surface area is 94.5 Å². The standard InChI is InChI=1S/C12H15NO3/c1-16-12-9-10(4-5-11(12)15)3-2-6-13-7-8-14/h2-6,9,14-15H,7-8H2,1H3/b3-2-,13-6-. The highest BCUT2D eigenvalue weighted by Gasteiger charge is 1.99. The first-order chi connectivity index (χ1) is 7.77.